The molecule has 0 unspecified atom stereocenters. The zero-order valence-electron chi connectivity index (χ0n) is 24.7. The topological polar surface area (TPSA) is 109 Å². The fourth-order valence-corrected chi connectivity index (χ4v) is 3.07. The van der Waals surface area contributed by atoms with Crippen molar-refractivity contribution in [2.75, 3.05) is 19.8 Å². The van der Waals surface area contributed by atoms with Crippen LogP contribution in [0.3, 0.4) is 0 Å². The summed E-state index contributed by atoms with van der Waals surface area (Å²) in [6.45, 7) is 8.58. The molecule has 0 bridgehead atoms. The van der Waals surface area contributed by atoms with Gasteiger partial charge in [0.25, 0.3) is 0 Å². The second-order valence-corrected chi connectivity index (χ2v) is 9.24. The van der Waals surface area contributed by atoms with Crippen LogP contribution in [0.25, 0.3) is 0 Å². The van der Waals surface area contributed by atoms with Crippen LogP contribution in [-0.4, -0.2) is 25.8 Å². The Balaban J connectivity index is -0.000000163. The number of carbonyl (C=O) groups excluding carboxylic acids is 1. The van der Waals surface area contributed by atoms with Crippen molar-refractivity contribution in [3.63, 3.8) is 0 Å². The van der Waals surface area contributed by atoms with E-state index in [4.69, 9.17) is 0 Å². The number of unbranched alkanes of at least 4 members (excludes halogenated alkanes) is 17. The third-order valence-corrected chi connectivity index (χ3v) is 5.48. The fraction of sp³-hybridized carbons (Fsp3) is 0.967. The maximum absolute atomic E-state index is 10.2. The molecule has 0 heterocycles. The summed E-state index contributed by atoms with van der Waals surface area (Å²) in [7, 11) is 0. The van der Waals surface area contributed by atoms with Crippen molar-refractivity contribution >= 4 is 5.97 Å². The van der Waals surface area contributed by atoms with E-state index in [1.165, 1.54) is 83.5 Å². The summed E-state index contributed by atoms with van der Waals surface area (Å²) < 4.78 is 0. The van der Waals surface area contributed by atoms with Crippen LogP contribution in [0.5, 0.6) is 0 Å². The summed E-state index contributed by atoms with van der Waals surface area (Å²) in [5.41, 5.74) is 0. The SMILES string of the molecule is CCCCCCCCCCCCCCCCCC(=O)[O-].CCCC[O-].CCCC[O-].CCCC[O-].[Ti]. The molecule has 220 valence electrons. The molecule has 0 rings (SSSR count). The van der Waals surface area contributed by atoms with Crippen LogP contribution in [0.4, 0.5) is 0 Å². The van der Waals surface area contributed by atoms with Crippen LogP contribution in [-0.2, 0) is 26.5 Å². The largest absolute Gasteiger partial charge is 0.854 e. The summed E-state index contributed by atoms with van der Waals surface area (Å²) in [5.74, 6) is -0.903. The quantitative estimate of drug-likeness (QED) is 0.132. The van der Waals surface area contributed by atoms with Crippen molar-refractivity contribution in [1.29, 1.82) is 0 Å². The van der Waals surface area contributed by atoms with Crippen LogP contribution in [0.15, 0.2) is 0 Å². The first-order chi connectivity index (χ1) is 17.0. The number of hydrogen-bond acceptors (Lipinski definition) is 5. The minimum atomic E-state index is -0.903. The molecule has 0 saturated heterocycles. The van der Waals surface area contributed by atoms with Crippen molar-refractivity contribution < 1.29 is 46.9 Å². The standard InChI is InChI=1S/C18H36O2.3C4H9O.Ti/c1-2-3-4-5-6-7-8-9-10-11-12-13-14-15-16-17-18(19)20;3*1-2-3-4-5;/h2-17H2,1H3,(H,19,20);3*2-4H2,1H3;/q;3*-1;/p-1. The molecule has 36 heavy (non-hydrogen) atoms. The van der Waals surface area contributed by atoms with E-state index in [0.29, 0.717) is 0 Å². The number of hydrogen-bond donors (Lipinski definition) is 0. The summed E-state index contributed by atoms with van der Waals surface area (Å²) in [6, 6.07) is 0. The smallest absolute Gasteiger partial charge is 0.0414 e. The summed E-state index contributed by atoms with van der Waals surface area (Å²) >= 11 is 0. The molecular weight excluding hydrogens is 488 g/mol. The summed E-state index contributed by atoms with van der Waals surface area (Å²) in [5, 5.41) is 38.8. The maximum atomic E-state index is 10.2. The summed E-state index contributed by atoms with van der Waals surface area (Å²) in [6.07, 6.45) is 25.5. The Kier molecular flexibility index (Phi) is 65.9. The average molecular weight is 551 g/mol. The van der Waals surface area contributed by atoms with Crippen LogP contribution in [0.1, 0.15) is 169 Å². The Bertz CT molecular complexity index is 310. The Morgan fingerprint density at radius 3 is 0.806 bits per heavy atom. The molecule has 0 saturated carbocycles. The Hall–Kier alpha value is 0.0643. The minimum absolute atomic E-state index is 0. The molecule has 0 atom stereocenters. The number of carboxylic acids is 1. The van der Waals surface area contributed by atoms with E-state index in [0.717, 1.165) is 51.4 Å². The van der Waals surface area contributed by atoms with Gasteiger partial charge in [0.1, 0.15) is 0 Å². The van der Waals surface area contributed by atoms with Gasteiger partial charge in [0.2, 0.25) is 0 Å². The Labute approximate surface area is 241 Å². The number of aliphatic carboxylic acids is 1. The zero-order chi connectivity index (χ0) is 27.3. The molecule has 0 N–H and O–H groups in total. The van der Waals surface area contributed by atoms with Gasteiger partial charge in [-0.1, -0.05) is 156 Å². The van der Waals surface area contributed by atoms with E-state index in [-0.39, 0.29) is 48.0 Å². The van der Waals surface area contributed by atoms with Crippen molar-refractivity contribution in [1.82, 2.24) is 0 Å². The molecule has 0 aromatic heterocycles. The van der Waals surface area contributed by atoms with E-state index < -0.39 is 5.97 Å². The maximum Gasteiger partial charge on any atom is 0.0414 e. The molecule has 0 fully saturated rings. The number of rotatable bonds is 22. The van der Waals surface area contributed by atoms with Gasteiger partial charge in [0, 0.05) is 27.7 Å². The fourth-order valence-electron chi connectivity index (χ4n) is 3.07. The van der Waals surface area contributed by atoms with Gasteiger partial charge in [-0.2, -0.15) is 0 Å². The molecule has 0 amide bonds. The van der Waals surface area contributed by atoms with Crippen molar-refractivity contribution in [2.45, 2.75) is 169 Å². The Morgan fingerprint density at radius 1 is 0.417 bits per heavy atom. The van der Waals surface area contributed by atoms with Gasteiger partial charge in [0.05, 0.1) is 0 Å². The molecule has 0 aliphatic carbocycles. The zero-order valence-corrected chi connectivity index (χ0v) is 26.3. The van der Waals surface area contributed by atoms with Gasteiger partial charge < -0.3 is 25.2 Å². The van der Waals surface area contributed by atoms with Crippen LogP contribution in [0.2, 0.25) is 0 Å². The third kappa shape index (κ3) is 70.0. The molecule has 6 heteroatoms. The molecular formula is C30H62O5Ti-4. The average Bonchev–Trinajstić information content (AvgIpc) is 2.84. The molecule has 0 aromatic carbocycles. The van der Waals surface area contributed by atoms with Gasteiger partial charge in [0.15, 0.2) is 0 Å². The van der Waals surface area contributed by atoms with Crippen LogP contribution >= 0.6 is 0 Å². The molecule has 0 spiro atoms. The van der Waals surface area contributed by atoms with Gasteiger partial charge in [-0.25, -0.2) is 0 Å². The predicted molar refractivity (Wildman–Crippen MR) is 144 cm³/mol. The molecule has 0 radical (unpaired) electrons. The number of carboxylic acid groups (broad SMARTS) is 1. The minimum Gasteiger partial charge on any atom is -0.854 e. The number of carbonyl (C=O) groups is 1. The Morgan fingerprint density at radius 2 is 0.639 bits per heavy atom. The second-order valence-electron chi connectivity index (χ2n) is 9.24. The first-order valence-electron chi connectivity index (χ1n) is 15.0. The van der Waals surface area contributed by atoms with E-state index >= 15 is 0 Å². The molecule has 0 aromatic rings. The van der Waals surface area contributed by atoms with Crippen molar-refractivity contribution in [3.05, 3.63) is 0 Å². The van der Waals surface area contributed by atoms with Gasteiger partial charge in [-0.15, -0.1) is 19.8 Å². The second kappa shape index (κ2) is 51.7. The third-order valence-electron chi connectivity index (χ3n) is 5.48. The monoisotopic (exact) mass is 550 g/mol. The van der Waals surface area contributed by atoms with Gasteiger partial charge >= 0.3 is 0 Å². The van der Waals surface area contributed by atoms with Crippen LogP contribution in [0, 0.1) is 0 Å². The predicted octanol–water partition coefficient (Wildman–Crippen LogP) is 5.44. The van der Waals surface area contributed by atoms with Gasteiger partial charge in [-0.3, -0.25) is 0 Å². The van der Waals surface area contributed by atoms with E-state index in [1.54, 1.807) is 0 Å². The normalized spacial score (nSPS) is 9.53. The van der Waals surface area contributed by atoms with E-state index in [1.807, 2.05) is 20.8 Å². The first kappa shape index (κ1) is 45.9. The molecule has 5 nitrogen and oxygen atoms in total. The molecule has 0 aliphatic rings. The van der Waals surface area contributed by atoms with E-state index in [9.17, 15) is 25.2 Å². The van der Waals surface area contributed by atoms with Crippen molar-refractivity contribution in [2.24, 2.45) is 0 Å². The first-order valence-corrected chi connectivity index (χ1v) is 15.0. The van der Waals surface area contributed by atoms with Crippen LogP contribution < -0.4 is 20.4 Å². The molecule has 0 aliphatic heterocycles. The van der Waals surface area contributed by atoms with E-state index in [2.05, 4.69) is 6.92 Å². The van der Waals surface area contributed by atoms with Crippen molar-refractivity contribution in [3.8, 4) is 0 Å². The summed E-state index contributed by atoms with van der Waals surface area (Å²) in [4.78, 5) is 10.2. The van der Waals surface area contributed by atoms with Gasteiger partial charge in [-0.05, 0) is 12.8 Å².